The number of fused-ring (bicyclic) bond motifs is 1. The second kappa shape index (κ2) is 8.71. The molecule has 0 spiro atoms. The third-order valence-electron chi connectivity index (χ3n) is 4.58. The van der Waals surface area contributed by atoms with Crippen LogP contribution in [0.3, 0.4) is 0 Å². The lowest BCUT2D eigenvalue weighted by Crippen LogP contribution is -2.36. The van der Waals surface area contributed by atoms with Gasteiger partial charge in [-0.1, -0.05) is 18.2 Å². The molecule has 0 heterocycles. The van der Waals surface area contributed by atoms with Gasteiger partial charge in [-0.2, -0.15) is 4.72 Å². The first kappa shape index (κ1) is 20.9. The number of rotatable bonds is 7. The van der Waals surface area contributed by atoms with Crippen LogP contribution in [0.15, 0.2) is 47.4 Å². The van der Waals surface area contributed by atoms with Gasteiger partial charge < -0.3 is 10.1 Å². The molecule has 0 fully saturated rings. The lowest BCUT2D eigenvalue weighted by Gasteiger charge is -2.14. The van der Waals surface area contributed by atoms with Crippen molar-refractivity contribution < 1.29 is 27.1 Å². The first-order valence-corrected chi connectivity index (χ1v) is 10.6. The summed E-state index contributed by atoms with van der Waals surface area (Å²) in [6.07, 6.45) is 1.95. The average molecular weight is 420 g/mol. The third-order valence-corrected chi connectivity index (χ3v) is 6.01. The Kier molecular flexibility index (Phi) is 6.29. The number of nitrogens with one attached hydrogen (secondary N) is 2. The lowest BCUT2D eigenvalue weighted by molar-refractivity contribution is -0.151. The summed E-state index contributed by atoms with van der Waals surface area (Å²) in [5, 5.41) is 2.68. The van der Waals surface area contributed by atoms with E-state index in [0.29, 0.717) is 5.69 Å². The van der Waals surface area contributed by atoms with E-state index in [1.54, 1.807) is 6.07 Å². The molecule has 1 aliphatic carbocycles. The number of amides is 1. The number of esters is 1. The number of hydrogen-bond donors (Lipinski definition) is 2. The van der Waals surface area contributed by atoms with Gasteiger partial charge in [0.25, 0.3) is 5.91 Å². The van der Waals surface area contributed by atoms with Crippen LogP contribution in [0.1, 0.15) is 24.5 Å². The highest BCUT2D eigenvalue weighted by Gasteiger charge is 2.22. The fourth-order valence-electron chi connectivity index (χ4n) is 3.08. The van der Waals surface area contributed by atoms with Gasteiger partial charge in [0.1, 0.15) is 17.3 Å². The Hall–Kier alpha value is -2.78. The van der Waals surface area contributed by atoms with Crippen molar-refractivity contribution in [2.45, 2.75) is 37.2 Å². The summed E-state index contributed by atoms with van der Waals surface area (Å²) >= 11 is 0. The Bertz CT molecular complexity index is 1040. The molecule has 0 aromatic heterocycles. The standard InChI is InChI=1S/C20H21FN2O5S/c1-13(20(25)23-16-10-9-14-5-4-6-15(14)11-16)28-19(24)12-22-29(26,27)18-8-3-2-7-17(18)21/h2-3,7-11,13,22H,4-6,12H2,1H3,(H,23,25)/t13-/m1/s1. The molecule has 0 bridgehead atoms. The summed E-state index contributed by atoms with van der Waals surface area (Å²) in [7, 11) is -4.22. The number of ether oxygens (including phenoxy) is 1. The summed E-state index contributed by atoms with van der Waals surface area (Å²) in [5.74, 6) is -2.43. The zero-order valence-corrected chi connectivity index (χ0v) is 16.6. The van der Waals surface area contributed by atoms with Crippen molar-refractivity contribution in [3.63, 3.8) is 0 Å². The van der Waals surface area contributed by atoms with Crippen molar-refractivity contribution in [2.75, 3.05) is 11.9 Å². The van der Waals surface area contributed by atoms with Gasteiger partial charge in [-0.3, -0.25) is 9.59 Å². The van der Waals surface area contributed by atoms with Gasteiger partial charge in [-0.25, -0.2) is 12.8 Å². The van der Waals surface area contributed by atoms with Gasteiger partial charge in [-0.05, 0) is 61.6 Å². The average Bonchev–Trinajstić information content (AvgIpc) is 3.14. The van der Waals surface area contributed by atoms with Gasteiger partial charge in [-0.15, -0.1) is 0 Å². The molecular weight excluding hydrogens is 399 g/mol. The third kappa shape index (κ3) is 5.18. The number of carbonyl (C=O) groups excluding carboxylic acids is 2. The smallest absolute Gasteiger partial charge is 0.321 e. The van der Waals surface area contributed by atoms with Crippen molar-refractivity contribution in [3.05, 3.63) is 59.4 Å². The van der Waals surface area contributed by atoms with E-state index in [4.69, 9.17) is 4.74 Å². The maximum absolute atomic E-state index is 13.6. The Labute approximate surface area is 168 Å². The van der Waals surface area contributed by atoms with Crippen molar-refractivity contribution in [3.8, 4) is 0 Å². The molecule has 3 rings (SSSR count). The van der Waals surface area contributed by atoms with Crippen LogP contribution in [0.2, 0.25) is 0 Å². The molecule has 29 heavy (non-hydrogen) atoms. The molecule has 0 radical (unpaired) electrons. The topological polar surface area (TPSA) is 102 Å². The molecule has 1 atom stereocenters. The summed E-state index contributed by atoms with van der Waals surface area (Å²) < 4.78 is 44.7. The number of carbonyl (C=O) groups is 2. The fraction of sp³-hybridized carbons (Fsp3) is 0.300. The normalized spacial score (nSPS) is 14.1. The minimum Gasteiger partial charge on any atom is -0.452 e. The highest BCUT2D eigenvalue weighted by atomic mass is 32.2. The van der Waals surface area contributed by atoms with Crippen LogP contribution >= 0.6 is 0 Å². The van der Waals surface area contributed by atoms with Crippen molar-refractivity contribution in [1.82, 2.24) is 4.72 Å². The molecule has 2 N–H and O–H groups in total. The maximum atomic E-state index is 13.6. The number of benzene rings is 2. The largest absolute Gasteiger partial charge is 0.452 e. The summed E-state index contributed by atoms with van der Waals surface area (Å²) in [6, 6.07) is 10.4. The van der Waals surface area contributed by atoms with E-state index in [1.165, 1.54) is 30.2 Å². The van der Waals surface area contributed by atoms with Crippen LogP contribution in [0, 0.1) is 5.82 Å². The van der Waals surface area contributed by atoms with Crippen molar-refractivity contribution >= 4 is 27.6 Å². The van der Waals surface area contributed by atoms with Gasteiger partial charge in [0.05, 0.1) is 0 Å². The molecule has 1 aliphatic rings. The highest BCUT2D eigenvalue weighted by molar-refractivity contribution is 7.89. The second-order valence-corrected chi connectivity index (χ2v) is 8.45. The quantitative estimate of drug-likeness (QED) is 0.669. The summed E-state index contributed by atoms with van der Waals surface area (Å²) in [4.78, 5) is 23.6. The van der Waals surface area contributed by atoms with E-state index >= 15 is 0 Å². The highest BCUT2D eigenvalue weighted by Crippen LogP contribution is 2.25. The van der Waals surface area contributed by atoms with Crippen LogP contribution in [0.4, 0.5) is 10.1 Å². The first-order chi connectivity index (χ1) is 13.8. The zero-order chi connectivity index (χ0) is 21.0. The first-order valence-electron chi connectivity index (χ1n) is 9.12. The van der Waals surface area contributed by atoms with E-state index in [2.05, 4.69) is 5.32 Å². The van der Waals surface area contributed by atoms with Crippen LogP contribution < -0.4 is 10.0 Å². The molecule has 9 heteroatoms. The van der Waals surface area contributed by atoms with Gasteiger partial charge in [0, 0.05) is 5.69 Å². The van der Waals surface area contributed by atoms with Crippen LogP contribution in [0.25, 0.3) is 0 Å². The summed E-state index contributed by atoms with van der Waals surface area (Å²) in [5.41, 5.74) is 3.07. The predicted octanol–water partition coefficient (Wildman–Crippen LogP) is 2.16. The minimum absolute atomic E-state index is 0.534. The van der Waals surface area contributed by atoms with E-state index in [-0.39, 0.29) is 0 Å². The molecule has 0 unspecified atom stereocenters. The van der Waals surface area contributed by atoms with E-state index < -0.39 is 45.3 Å². The molecule has 0 saturated carbocycles. The van der Waals surface area contributed by atoms with Gasteiger partial charge >= 0.3 is 5.97 Å². The predicted molar refractivity (Wildman–Crippen MR) is 104 cm³/mol. The molecule has 2 aromatic rings. The van der Waals surface area contributed by atoms with Crippen LogP contribution in [0.5, 0.6) is 0 Å². The number of halogens is 1. The molecule has 7 nitrogen and oxygen atoms in total. The lowest BCUT2D eigenvalue weighted by atomic mass is 10.1. The van der Waals surface area contributed by atoms with E-state index in [9.17, 15) is 22.4 Å². The molecular formula is C20H21FN2O5S. The Morgan fingerprint density at radius 2 is 1.86 bits per heavy atom. The Morgan fingerprint density at radius 1 is 1.14 bits per heavy atom. The van der Waals surface area contributed by atoms with Gasteiger partial charge in [0.2, 0.25) is 10.0 Å². The molecule has 154 valence electrons. The maximum Gasteiger partial charge on any atom is 0.321 e. The number of hydrogen-bond acceptors (Lipinski definition) is 5. The number of sulfonamides is 1. The molecule has 1 amide bonds. The molecule has 2 aromatic carbocycles. The van der Waals surface area contributed by atoms with Crippen LogP contribution in [-0.2, 0) is 37.2 Å². The zero-order valence-electron chi connectivity index (χ0n) is 15.8. The van der Waals surface area contributed by atoms with E-state index in [1.807, 2.05) is 16.9 Å². The number of aryl methyl sites for hydroxylation is 2. The fourth-order valence-corrected chi connectivity index (χ4v) is 4.13. The van der Waals surface area contributed by atoms with E-state index in [0.717, 1.165) is 31.4 Å². The Balaban J connectivity index is 1.52. The second-order valence-electron chi connectivity index (χ2n) is 6.71. The Morgan fingerprint density at radius 3 is 2.62 bits per heavy atom. The summed E-state index contributed by atoms with van der Waals surface area (Å²) in [6.45, 7) is 0.652. The molecule has 0 aliphatic heterocycles. The van der Waals surface area contributed by atoms with Crippen molar-refractivity contribution in [2.24, 2.45) is 0 Å². The SMILES string of the molecule is C[C@@H](OC(=O)CNS(=O)(=O)c1ccccc1F)C(=O)Nc1ccc2c(c1)CCC2. The monoisotopic (exact) mass is 420 g/mol. The van der Waals surface area contributed by atoms with Gasteiger partial charge in [0.15, 0.2) is 6.10 Å². The van der Waals surface area contributed by atoms with Crippen LogP contribution in [-0.4, -0.2) is 32.9 Å². The molecule has 0 saturated heterocycles. The minimum atomic E-state index is -4.22. The van der Waals surface area contributed by atoms with Crippen molar-refractivity contribution in [1.29, 1.82) is 0 Å². The number of anilines is 1.